The first kappa shape index (κ1) is 25.9. The second kappa shape index (κ2) is 14.7. The van der Waals surface area contributed by atoms with Crippen LogP contribution in [0.4, 0.5) is 5.95 Å². The van der Waals surface area contributed by atoms with Crippen molar-refractivity contribution < 1.29 is 4.74 Å². The number of hydrogen-bond donors (Lipinski definition) is 5. The van der Waals surface area contributed by atoms with Gasteiger partial charge in [0.25, 0.3) is 0 Å². The van der Waals surface area contributed by atoms with E-state index in [1.54, 1.807) is 38.2 Å². The number of aromatic amines is 1. The van der Waals surface area contributed by atoms with Gasteiger partial charge in [-0.15, -0.1) is 0 Å². The summed E-state index contributed by atoms with van der Waals surface area (Å²) in [6.07, 6.45) is 8.34. The minimum Gasteiger partial charge on any atom is -0.495 e. The van der Waals surface area contributed by atoms with E-state index in [1.165, 1.54) is 0 Å². The fraction of sp³-hybridized carbons (Fsp3) is 0.333. The van der Waals surface area contributed by atoms with Crippen molar-refractivity contribution in [3.8, 4) is 11.9 Å². The third-order valence-corrected chi connectivity index (χ3v) is 5.48. The number of nitrogens with zero attached hydrogens (tertiary/aromatic N) is 4. The highest BCUT2D eigenvalue weighted by atomic mass is 35.5. The lowest BCUT2D eigenvalue weighted by Crippen LogP contribution is -2.36. The van der Waals surface area contributed by atoms with E-state index >= 15 is 0 Å². The molecule has 0 bridgehead atoms. The fourth-order valence-corrected chi connectivity index (χ4v) is 3.57. The van der Waals surface area contributed by atoms with Crippen LogP contribution in [0.2, 0.25) is 5.02 Å². The van der Waals surface area contributed by atoms with Gasteiger partial charge < -0.3 is 20.8 Å². The number of rotatable bonds is 11. The molecule has 10 nitrogen and oxygen atoms in total. The number of nitrogens with one attached hydrogen (secondary N) is 4. The van der Waals surface area contributed by atoms with Crippen molar-refractivity contribution in [3.05, 3.63) is 46.8 Å². The molecule has 0 saturated heterocycles. The number of benzene rings is 1. The Bertz CT molecular complexity index is 1010. The molecule has 0 radical (unpaired) electrons. The molecule has 2 aromatic rings. The summed E-state index contributed by atoms with van der Waals surface area (Å²) in [5.74, 6) is 3.73. The van der Waals surface area contributed by atoms with Crippen molar-refractivity contribution in [3.63, 3.8) is 0 Å². The van der Waals surface area contributed by atoms with Gasteiger partial charge in [-0.05, 0) is 29.9 Å². The van der Waals surface area contributed by atoms with Gasteiger partial charge in [0.05, 0.1) is 24.9 Å². The highest BCUT2D eigenvalue weighted by molar-refractivity contribution is 7.99. The first-order valence-electron chi connectivity index (χ1n) is 10.1. The van der Waals surface area contributed by atoms with Crippen LogP contribution >= 0.6 is 23.4 Å². The number of anilines is 1. The van der Waals surface area contributed by atoms with Gasteiger partial charge in [0.15, 0.2) is 12.2 Å². The molecule has 0 aliphatic carbocycles. The van der Waals surface area contributed by atoms with Crippen LogP contribution < -0.4 is 26.4 Å². The highest BCUT2D eigenvalue weighted by Gasteiger charge is 2.02. The quantitative estimate of drug-likeness (QED) is 0.106. The van der Waals surface area contributed by atoms with Gasteiger partial charge in [0.2, 0.25) is 11.9 Å². The molecule has 6 N–H and O–H groups in total. The largest absolute Gasteiger partial charge is 0.495 e. The van der Waals surface area contributed by atoms with E-state index in [1.807, 2.05) is 30.5 Å². The van der Waals surface area contributed by atoms with Gasteiger partial charge in [0, 0.05) is 25.0 Å². The maximum Gasteiger partial charge on any atom is 0.207 e. The van der Waals surface area contributed by atoms with Crippen LogP contribution in [0.15, 0.2) is 40.5 Å². The number of methoxy groups -OCH3 is 1. The number of aromatic nitrogens is 2. The van der Waals surface area contributed by atoms with E-state index in [2.05, 4.69) is 35.9 Å². The Balaban J connectivity index is 1.69. The molecule has 1 aromatic carbocycles. The van der Waals surface area contributed by atoms with E-state index in [0.717, 1.165) is 29.2 Å². The van der Waals surface area contributed by atoms with E-state index in [0.29, 0.717) is 41.7 Å². The number of halogens is 1. The molecule has 2 rings (SSSR count). The van der Waals surface area contributed by atoms with Crippen LogP contribution in [-0.2, 0) is 6.42 Å². The Morgan fingerprint density at radius 3 is 3.03 bits per heavy atom. The minimum atomic E-state index is 0.306. The van der Waals surface area contributed by atoms with Crippen molar-refractivity contribution in [2.24, 2.45) is 15.7 Å². The number of H-pyrrole nitrogens is 1. The van der Waals surface area contributed by atoms with Crippen molar-refractivity contribution in [2.45, 2.75) is 6.42 Å². The number of hydrogen-bond acceptors (Lipinski definition) is 6. The number of nitrogens with two attached hydrogens (primary N) is 1. The van der Waals surface area contributed by atoms with Crippen LogP contribution in [0.5, 0.6) is 5.75 Å². The number of guanidine groups is 2. The summed E-state index contributed by atoms with van der Waals surface area (Å²) in [6.45, 7) is 1.09. The fourth-order valence-electron chi connectivity index (χ4n) is 2.56. The summed E-state index contributed by atoms with van der Waals surface area (Å²) in [5.41, 5.74) is 7.58. The SMILES string of the molecule is CN=C(N)Nc1ncc(CCSCCNC(=NCC=Cc2ccc(Cl)c(OC)c2)NC#N)[nH]1. The van der Waals surface area contributed by atoms with E-state index < -0.39 is 0 Å². The number of nitriles is 1. The summed E-state index contributed by atoms with van der Waals surface area (Å²) in [7, 11) is 3.18. The summed E-state index contributed by atoms with van der Waals surface area (Å²) >= 11 is 7.82. The predicted molar refractivity (Wildman–Crippen MR) is 137 cm³/mol. The van der Waals surface area contributed by atoms with Gasteiger partial charge in [-0.2, -0.15) is 17.0 Å². The normalized spacial score (nSPS) is 11.9. The Kier molecular flexibility index (Phi) is 11.5. The molecular formula is C21H28ClN9OS. The van der Waals surface area contributed by atoms with E-state index in [-0.39, 0.29) is 0 Å². The zero-order valence-electron chi connectivity index (χ0n) is 18.6. The van der Waals surface area contributed by atoms with Crippen LogP contribution in [0.1, 0.15) is 11.3 Å². The summed E-state index contributed by atoms with van der Waals surface area (Å²) in [4.78, 5) is 15.6. The molecule has 12 heteroatoms. The van der Waals surface area contributed by atoms with Gasteiger partial charge in [-0.25, -0.2) is 9.98 Å². The lowest BCUT2D eigenvalue weighted by Gasteiger charge is -2.07. The molecular weight excluding hydrogens is 462 g/mol. The highest BCUT2D eigenvalue weighted by Crippen LogP contribution is 2.25. The van der Waals surface area contributed by atoms with Gasteiger partial charge in [0.1, 0.15) is 5.75 Å². The smallest absolute Gasteiger partial charge is 0.207 e. The average Bonchev–Trinajstić information content (AvgIpc) is 3.26. The number of aryl methyl sites for hydroxylation is 1. The van der Waals surface area contributed by atoms with Gasteiger partial charge >= 0.3 is 0 Å². The zero-order chi connectivity index (χ0) is 23.9. The summed E-state index contributed by atoms with van der Waals surface area (Å²) in [5, 5.41) is 18.1. The lowest BCUT2D eigenvalue weighted by atomic mass is 10.2. The molecule has 0 aliphatic heterocycles. The van der Waals surface area contributed by atoms with Crippen LogP contribution in [0.25, 0.3) is 6.08 Å². The molecule has 0 saturated carbocycles. The summed E-state index contributed by atoms with van der Waals surface area (Å²) in [6, 6.07) is 5.52. The molecule has 176 valence electrons. The second-order valence-electron chi connectivity index (χ2n) is 6.50. The number of thioether (sulfide) groups is 1. The van der Waals surface area contributed by atoms with Crippen molar-refractivity contribution in [1.29, 1.82) is 5.26 Å². The summed E-state index contributed by atoms with van der Waals surface area (Å²) < 4.78 is 5.21. The van der Waals surface area contributed by atoms with Gasteiger partial charge in [-0.3, -0.25) is 15.6 Å². The molecule has 0 aliphatic rings. The standard InChI is InChI=1S/C21H28ClN9OS/c1-25-19(24)31-21-28-13-16(30-21)7-10-33-11-9-27-20(29-14-23)26-8-3-4-15-5-6-17(22)18(12-15)32-2/h3-6,12-13H,7-11H2,1-2H3,(H2,26,27,29)(H4,24,25,28,30,31). The number of ether oxygens (including phenoxy) is 1. The Morgan fingerprint density at radius 2 is 2.27 bits per heavy atom. The van der Waals surface area contributed by atoms with E-state index in [4.69, 9.17) is 27.3 Å². The first-order valence-corrected chi connectivity index (χ1v) is 11.6. The van der Waals surface area contributed by atoms with E-state index in [9.17, 15) is 0 Å². The Labute approximate surface area is 202 Å². The third-order valence-electron chi connectivity index (χ3n) is 4.18. The molecule has 0 spiro atoms. The minimum absolute atomic E-state index is 0.306. The number of imidazole rings is 1. The van der Waals surface area contributed by atoms with Crippen molar-refractivity contribution in [2.75, 3.05) is 44.1 Å². The third kappa shape index (κ3) is 9.76. The monoisotopic (exact) mass is 489 g/mol. The zero-order valence-corrected chi connectivity index (χ0v) is 20.1. The van der Waals surface area contributed by atoms with Crippen molar-refractivity contribution >= 4 is 47.3 Å². The molecule has 0 fully saturated rings. The molecule has 0 atom stereocenters. The molecule has 33 heavy (non-hydrogen) atoms. The average molecular weight is 490 g/mol. The maximum absolute atomic E-state index is 8.93. The molecule has 0 amide bonds. The van der Waals surface area contributed by atoms with Gasteiger partial charge in [-0.1, -0.05) is 29.8 Å². The van der Waals surface area contributed by atoms with Crippen molar-refractivity contribution in [1.82, 2.24) is 20.6 Å². The van der Waals surface area contributed by atoms with Crippen LogP contribution in [-0.4, -0.2) is 60.6 Å². The van der Waals surface area contributed by atoms with Crippen LogP contribution in [0.3, 0.4) is 0 Å². The second-order valence-corrected chi connectivity index (χ2v) is 8.13. The molecule has 1 heterocycles. The first-order chi connectivity index (χ1) is 16.0. The predicted octanol–water partition coefficient (Wildman–Crippen LogP) is 2.43. The van der Waals surface area contributed by atoms with Crippen LogP contribution in [0, 0.1) is 11.5 Å². The molecule has 1 aromatic heterocycles. The Morgan fingerprint density at radius 1 is 1.42 bits per heavy atom. The number of aliphatic imine (C=N–C) groups is 2. The Hall–Kier alpha value is -3.36. The topological polar surface area (TPSA) is 149 Å². The molecule has 0 unspecified atom stereocenters. The maximum atomic E-state index is 8.93. The lowest BCUT2D eigenvalue weighted by molar-refractivity contribution is 0.415.